The van der Waals surface area contributed by atoms with Crippen LogP contribution < -0.4 is 4.74 Å². The van der Waals surface area contributed by atoms with Crippen molar-refractivity contribution in [2.45, 2.75) is 77.2 Å². The molecular weight excluding hydrogens is 296 g/mol. The van der Waals surface area contributed by atoms with Crippen molar-refractivity contribution in [2.24, 2.45) is 0 Å². The van der Waals surface area contributed by atoms with Crippen molar-refractivity contribution in [3.63, 3.8) is 0 Å². The summed E-state index contributed by atoms with van der Waals surface area (Å²) in [6.07, 6.45) is 17.9. The van der Waals surface area contributed by atoms with E-state index < -0.39 is 0 Å². The third-order valence-corrected chi connectivity index (χ3v) is 4.51. The fraction of sp³-hybridized carbons (Fsp3) is 0.636. The van der Waals surface area contributed by atoms with E-state index in [1.807, 2.05) is 0 Å². The minimum Gasteiger partial charge on any atom is -0.491 e. The number of unbranched alkanes of at least 4 members (excludes halogenated alkanes) is 7. The zero-order valence-electron chi connectivity index (χ0n) is 15.3. The molecule has 1 aliphatic rings. The Morgan fingerprint density at radius 3 is 2.46 bits per heavy atom. The molecule has 0 saturated carbocycles. The molecule has 1 atom stereocenters. The van der Waals surface area contributed by atoms with Crippen molar-refractivity contribution in [2.75, 3.05) is 13.2 Å². The summed E-state index contributed by atoms with van der Waals surface area (Å²) in [4.78, 5) is 0. The molecule has 1 aromatic rings. The molecule has 1 unspecified atom stereocenters. The molecule has 2 nitrogen and oxygen atoms in total. The fourth-order valence-corrected chi connectivity index (χ4v) is 2.88. The Labute approximate surface area is 148 Å². The van der Waals surface area contributed by atoms with E-state index in [1.54, 1.807) is 0 Å². The van der Waals surface area contributed by atoms with Crippen molar-refractivity contribution >= 4 is 0 Å². The van der Waals surface area contributed by atoms with Gasteiger partial charge in [0.25, 0.3) is 0 Å². The van der Waals surface area contributed by atoms with Crippen LogP contribution >= 0.6 is 0 Å². The maximum absolute atomic E-state index is 5.88. The highest BCUT2D eigenvalue weighted by Crippen LogP contribution is 2.22. The predicted octanol–water partition coefficient (Wildman–Crippen LogP) is 6.09. The topological polar surface area (TPSA) is 21.8 Å². The average Bonchev–Trinajstić information content (AvgIpc) is 3.43. The second-order valence-corrected chi connectivity index (χ2v) is 6.79. The van der Waals surface area contributed by atoms with Gasteiger partial charge in [0.1, 0.15) is 18.5 Å². The number of para-hydroxylation sites is 1. The molecule has 1 fully saturated rings. The van der Waals surface area contributed by atoms with Gasteiger partial charge in [0.2, 0.25) is 0 Å². The number of hydrogen-bond donors (Lipinski definition) is 0. The standard InChI is InChI=1S/C22H34O2/c1-2-3-4-5-6-7-8-9-10-11-12-15-20-16-13-14-17-22(20)24-19-21-18-23-21/h6-7,13-14,16-17,21H,2-5,8-12,15,18-19H2,1H3/b7-6+. The lowest BCUT2D eigenvalue weighted by Gasteiger charge is -2.10. The Morgan fingerprint density at radius 1 is 1.00 bits per heavy atom. The predicted molar refractivity (Wildman–Crippen MR) is 102 cm³/mol. The minimum absolute atomic E-state index is 0.327. The van der Waals surface area contributed by atoms with Gasteiger partial charge in [-0.2, -0.15) is 0 Å². The molecule has 0 aromatic heterocycles. The van der Waals surface area contributed by atoms with Gasteiger partial charge >= 0.3 is 0 Å². The number of hydrogen-bond acceptors (Lipinski definition) is 2. The first-order valence-corrected chi connectivity index (χ1v) is 9.87. The van der Waals surface area contributed by atoms with Crippen LogP contribution in [-0.4, -0.2) is 19.3 Å². The monoisotopic (exact) mass is 330 g/mol. The van der Waals surface area contributed by atoms with Gasteiger partial charge < -0.3 is 9.47 Å². The molecule has 1 saturated heterocycles. The molecule has 2 rings (SSSR count). The summed E-state index contributed by atoms with van der Waals surface area (Å²) < 4.78 is 11.1. The van der Waals surface area contributed by atoms with Crippen LogP contribution in [0.1, 0.15) is 70.3 Å². The summed E-state index contributed by atoms with van der Waals surface area (Å²) in [7, 11) is 0. The fourth-order valence-electron chi connectivity index (χ4n) is 2.88. The van der Waals surface area contributed by atoms with E-state index in [0.717, 1.165) is 18.8 Å². The molecule has 2 heteroatoms. The molecular formula is C22H34O2. The van der Waals surface area contributed by atoms with E-state index in [4.69, 9.17) is 9.47 Å². The first-order valence-electron chi connectivity index (χ1n) is 9.87. The van der Waals surface area contributed by atoms with E-state index in [1.165, 1.54) is 63.4 Å². The number of rotatable bonds is 14. The summed E-state index contributed by atoms with van der Waals surface area (Å²) in [6, 6.07) is 8.45. The summed E-state index contributed by atoms with van der Waals surface area (Å²) in [5.41, 5.74) is 1.34. The van der Waals surface area contributed by atoms with Crippen molar-refractivity contribution in [3.05, 3.63) is 42.0 Å². The second-order valence-electron chi connectivity index (χ2n) is 6.79. The largest absolute Gasteiger partial charge is 0.491 e. The highest BCUT2D eigenvalue weighted by molar-refractivity contribution is 5.33. The van der Waals surface area contributed by atoms with Crippen molar-refractivity contribution in [3.8, 4) is 5.75 Å². The summed E-state index contributed by atoms with van der Waals surface area (Å²) in [5.74, 6) is 1.04. The van der Waals surface area contributed by atoms with Gasteiger partial charge in [-0.1, -0.05) is 63.0 Å². The van der Waals surface area contributed by atoms with Gasteiger partial charge in [0, 0.05) is 0 Å². The number of benzene rings is 1. The molecule has 1 aromatic carbocycles. The van der Waals surface area contributed by atoms with Crippen LogP contribution in [0.25, 0.3) is 0 Å². The van der Waals surface area contributed by atoms with E-state index in [-0.39, 0.29) is 0 Å². The highest BCUT2D eigenvalue weighted by atomic mass is 16.6. The number of epoxide rings is 1. The smallest absolute Gasteiger partial charge is 0.122 e. The number of ether oxygens (including phenoxy) is 2. The molecule has 134 valence electrons. The SMILES string of the molecule is CCCCC/C=C/CCCCCCc1ccccc1OCC1CO1. The first-order chi connectivity index (χ1) is 11.9. The molecule has 0 amide bonds. The van der Waals surface area contributed by atoms with Crippen LogP contribution in [0.4, 0.5) is 0 Å². The Morgan fingerprint density at radius 2 is 1.71 bits per heavy atom. The third kappa shape index (κ3) is 8.54. The van der Waals surface area contributed by atoms with E-state index in [0.29, 0.717) is 12.7 Å². The molecule has 0 N–H and O–H groups in total. The number of aryl methyl sites for hydroxylation is 1. The maximum atomic E-state index is 5.88. The second kappa shape index (κ2) is 12.1. The quantitative estimate of drug-likeness (QED) is 0.234. The van der Waals surface area contributed by atoms with Crippen LogP contribution in [-0.2, 0) is 11.2 Å². The Bertz CT molecular complexity index is 463. The van der Waals surface area contributed by atoms with Crippen molar-refractivity contribution in [1.29, 1.82) is 0 Å². The van der Waals surface area contributed by atoms with E-state index in [2.05, 4.69) is 43.3 Å². The normalized spacial score (nSPS) is 16.6. The molecule has 1 aliphatic heterocycles. The zero-order valence-corrected chi connectivity index (χ0v) is 15.3. The van der Waals surface area contributed by atoms with Gasteiger partial charge in [-0.05, 0) is 50.2 Å². The zero-order chi connectivity index (χ0) is 16.9. The van der Waals surface area contributed by atoms with E-state index in [9.17, 15) is 0 Å². The van der Waals surface area contributed by atoms with Crippen LogP contribution in [0, 0.1) is 0 Å². The molecule has 0 aliphatic carbocycles. The Balaban J connectivity index is 1.51. The molecule has 1 heterocycles. The Hall–Kier alpha value is -1.28. The van der Waals surface area contributed by atoms with Gasteiger partial charge in [-0.3, -0.25) is 0 Å². The lowest BCUT2D eigenvalue weighted by molar-refractivity contribution is 0.261. The van der Waals surface area contributed by atoms with Gasteiger partial charge in [0.15, 0.2) is 0 Å². The van der Waals surface area contributed by atoms with Crippen LogP contribution in [0.5, 0.6) is 5.75 Å². The lowest BCUT2D eigenvalue weighted by Crippen LogP contribution is -2.05. The molecule has 0 bridgehead atoms. The first kappa shape index (κ1) is 19.1. The summed E-state index contributed by atoms with van der Waals surface area (Å²) in [6.45, 7) is 3.81. The van der Waals surface area contributed by atoms with Crippen molar-refractivity contribution in [1.82, 2.24) is 0 Å². The number of allylic oxidation sites excluding steroid dienone is 2. The van der Waals surface area contributed by atoms with Crippen molar-refractivity contribution < 1.29 is 9.47 Å². The summed E-state index contributed by atoms with van der Waals surface area (Å²) >= 11 is 0. The lowest BCUT2D eigenvalue weighted by atomic mass is 10.0. The Kier molecular flexibility index (Phi) is 9.63. The van der Waals surface area contributed by atoms with E-state index >= 15 is 0 Å². The molecule has 0 spiro atoms. The molecule has 0 radical (unpaired) electrons. The third-order valence-electron chi connectivity index (χ3n) is 4.51. The highest BCUT2D eigenvalue weighted by Gasteiger charge is 2.23. The van der Waals surface area contributed by atoms with Crippen LogP contribution in [0.15, 0.2) is 36.4 Å². The van der Waals surface area contributed by atoms with Gasteiger partial charge in [-0.15, -0.1) is 0 Å². The maximum Gasteiger partial charge on any atom is 0.122 e. The van der Waals surface area contributed by atoms with Crippen LogP contribution in [0.2, 0.25) is 0 Å². The minimum atomic E-state index is 0.327. The van der Waals surface area contributed by atoms with Crippen LogP contribution in [0.3, 0.4) is 0 Å². The molecule has 24 heavy (non-hydrogen) atoms. The summed E-state index contributed by atoms with van der Waals surface area (Å²) in [5, 5.41) is 0. The van der Waals surface area contributed by atoms with Gasteiger partial charge in [-0.25, -0.2) is 0 Å². The average molecular weight is 331 g/mol. The van der Waals surface area contributed by atoms with Gasteiger partial charge in [0.05, 0.1) is 6.61 Å².